The van der Waals surface area contributed by atoms with E-state index in [1.807, 2.05) is 0 Å². The second kappa shape index (κ2) is 5.72. The zero-order chi connectivity index (χ0) is 14.0. The highest BCUT2D eigenvalue weighted by Gasteiger charge is 2.10. The van der Waals surface area contributed by atoms with Crippen LogP contribution in [0.1, 0.15) is 21.5 Å². The maximum Gasteiger partial charge on any atom is 0.167 e. The number of carbonyl (C=O) groups is 1. The number of benzene rings is 2. The van der Waals surface area contributed by atoms with Crippen molar-refractivity contribution in [3.8, 4) is 0 Å². The number of hydrogen-bond donors (Lipinski definition) is 0. The molecule has 2 aromatic rings. The summed E-state index contributed by atoms with van der Waals surface area (Å²) >= 11 is 11.7. The summed E-state index contributed by atoms with van der Waals surface area (Å²) in [5.74, 6) is -0.429. The summed E-state index contributed by atoms with van der Waals surface area (Å²) in [4.78, 5) is 12.0. The van der Waals surface area contributed by atoms with Gasteiger partial charge in [-0.3, -0.25) is 4.79 Å². The second-order valence-corrected chi connectivity index (χ2v) is 5.13. The van der Waals surface area contributed by atoms with E-state index < -0.39 is 0 Å². The highest BCUT2D eigenvalue weighted by atomic mass is 35.5. The Morgan fingerprint density at radius 3 is 2.47 bits per heavy atom. The van der Waals surface area contributed by atoms with Crippen molar-refractivity contribution in [1.82, 2.24) is 0 Å². The molecule has 0 aliphatic heterocycles. The zero-order valence-electron chi connectivity index (χ0n) is 10.2. The molecule has 0 fully saturated rings. The maximum absolute atomic E-state index is 13.4. The molecule has 0 saturated heterocycles. The molecule has 0 spiro atoms. The van der Waals surface area contributed by atoms with Gasteiger partial charge in [-0.25, -0.2) is 4.39 Å². The van der Waals surface area contributed by atoms with E-state index in [0.717, 1.165) is 0 Å². The van der Waals surface area contributed by atoms with Gasteiger partial charge in [0.1, 0.15) is 5.82 Å². The van der Waals surface area contributed by atoms with E-state index >= 15 is 0 Å². The monoisotopic (exact) mass is 296 g/mol. The van der Waals surface area contributed by atoms with Crippen LogP contribution in [0.5, 0.6) is 0 Å². The first-order valence-electron chi connectivity index (χ1n) is 5.70. The topological polar surface area (TPSA) is 17.1 Å². The average Bonchev–Trinajstić information content (AvgIpc) is 2.37. The first-order chi connectivity index (χ1) is 8.97. The number of aryl methyl sites for hydroxylation is 1. The molecule has 0 radical (unpaired) electrons. The molecule has 4 heteroatoms. The molecule has 0 saturated carbocycles. The average molecular weight is 297 g/mol. The van der Waals surface area contributed by atoms with Crippen LogP contribution in [0.2, 0.25) is 10.0 Å². The third kappa shape index (κ3) is 3.34. The maximum atomic E-state index is 13.4. The molecule has 2 rings (SSSR count). The molecule has 0 aromatic heterocycles. The standard InChI is InChI=1S/C15H11Cl2FO/c1-9-2-3-10(6-14(9)18)7-15(19)11-4-5-12(16)13(17)8-11/h2-6,8H,7H2,1H3. The number of carbonyl (C=O) groups excluding carboxylic acids is 1. The zero-order valence-corrected chi connectivity index (χ0v) is 11.7. The number of Topliss-reactive ketones (excluding diaryl/α,β-unsaturated/α-hetero) is 1. The van der Waals surface area contributed by atoms with Gasteiger partial charge < -0.3 is 0 Å². The minimum atomic E-state index is -0.306. The molecular formula is C15H11Cl2FO. The van der Waals surface area contributed by atoms with E-state index in [4.69, 9.17) is 23.2 Å². The molecule has 0 aliphatic carbocycles. The van der Waals surface area contributed by atoms with Gasteiger partial charge in [0.2, 0.25) is 0 Å². The molecular weight excluding hydrogens is 286 g/mol. The van der Waals surface area contributed by atoms with Crippen molar-refractivity contribution in [3.63, 3.8) is 0 Å². The Morgan fingerprint density at radius 1 is 1.11 bits per heavy atom. The van der Waals surface area contributed by atoms with Crippen LogP contribution in [0.3, 0.4) is 0 Å². The normalized spacial score (nSPS) is 10.5. The van der Waals surface area contributed by atoms with Crippen molar-refractivity contribution in [2.24, 2.45) is 0 Å². The van der Waals surface area contributed by atoms with Gasteiger partial charge in [-0.1, -0.05) is 35.3 Å². The summed E-state index contributed by atoms with van der Waals surface area (Å²) in [5, 5.41) is 0.738. The lowest BCUT2D eigenvalue weighted by Crippen LogP contribution is -2.04. The fourth-order valence-corrected chi connectivity index (χ4v) is 2.00. The van der Waals surface area contributed by atoms with Gasteiger partial charge in [-0.15, -0.1) is 0 Å². The Morgan fingerprint density at radius 2 is 1.84 bits per heavy atom. The minimum absolute atomic E-state index is 0.123. The molecule has 0 amide bonds. The lowest BCUT2D eigenvalue weighted by Gasteiger charge is -2.04. The molecule has 0 bridgehead atoms. The van der Waals surface area contributed by atoms with Crippen LogP contribution in [-0.4, -0.2) is 5.78 Å². The summed E-state index contributed by atoms with van der Waals surface area (Å²) in [6.45, 7) is 1.68. The molecule has 0 heterocycles. The third-order valence-electron chi connectivity index (χ3n) is 2.84. The van der Waals surface area contributed by atoms with E-state index in [0.29, 0.717) is 26.7 Å². The van der Waals surface area contributed by atoms with Crippen molar-refractivity contribution >= 4 is 29.0 Å². The molecule has 0 aliphatic rings. The molecule has 1 nitrogen and oxygen atoms in total. The van der Waals surface area contributed by atoms with Crippen molar-refractivity contribution < 1.29 is 9.18 Å². The summed E-state index contributed by atoms with van der Waals surface area (Å²) < 4.78 is 13.4. The quantitative estimate of drug-likeness (QED) is 0.739. The van der Waals surface area contributed by atoms with Crippen LogP contribution in [-0.2, 0) is 6.42 Å². The van der Waals surface area contributed by atoms with Crippen molar-refractivity contribution in [2.75, 3.05) is 0 Å². The number of hydrogen-bond acceptors (Lipinski definition) is 1. The molecule has 19 heavy (non-hydrogen) atoms. The van der Waals surface area contributed by atoms with Crippen LogP contribution in [0, 0.1) is 12.7 Å². The van der Waals surface area contributed by atoms with E-state index in [2.05, 4.69) is 0 Å². The van der Waals surface area contributed by atoms with Gasteiger partial charge in [0.25, 0.3) is 0 Å². The van der Waals surface area contributed by atoms with Crippen molar-refractivity contribution in [2.45, 2.75) is 13.3 Å². The minimum Gasteiger partial charge on any atom is -0.294 e. The van der Waals surface area contributed by atoms with Crippen LogP contribution in [0.25, 0.3) is 0 Å². The Kier molecular flexibility index (Phi) is 4.23. The first-order valence-corrected chi connectivity index (χ1v) is 6.46. The predicted octanol–water partition coefficient (Wildman–Crippen LogP) is 4.87. The largest absolute Gasteiger partial charge is 0.294 e. The van der Waals surface area contributed by atoms with Gasteiger partial charge >= 0.3 is 0 Å². The molecule has 98 valence electrons. The Labute approximate surface area is 121 Å². The van der Waals surface area contributed by atoms with E-state index in [9.17, 15) is 9.18 Å². The van der Waals surface area contributed by atoms with Gasteiger partial charge in [-0.2, -0.15) is 0 Å². The van der Waals surface area contributed by atoms with Crippen LogP contribution >= 0.6 is 23.2 Å². The lowest BCUT2D eigenvalue weighted by molar-refractivity contribution is 0.0993. The van der Waals surface area contributed by atoms with E-state index in [-0.39, 0.29) is 18.0 Å². The van der Waals surface area contributed by atoms with Crippen LogP contribution < -0.4 is 0 Å². The van der Waals surface area contributed by atoms with E-state index in [1.165, 1.54) is 12.1 Å². The highest BCUT2D eigenvalue weighted by molar-refractivity contribution is 6.42. The molecule has 2 aromatic carbocycles. The molecule has 0 atom stereocenters. The van der Waals surface area contributed by atoms with Crippen LogP contribution in [0.15, 0.2) is 36.4 Å². The predicted molar refractivity (Wildman–Crippen MR) is 75.6 cm³/mol. The summed E-state index contributed by atoms with van der Waals surface area (Å²) in [5.41, 5.74) is 1.67. The van der Waals surface area contributed by atoms with Gasteiger partial charge in [0.05, 0.1) is 10.0 Å². The molecule has 0 N–H and O–H groups in total. The SMILES string of the molecule is Cc1ccc(CC(=O)c2ccc(Cl)c(Cl)c2)cc1F. The summed E-state index contributed by atoms with van der Waals surface area (Å²) in [7, 11) is 0. The number of halogens is 3. The summed E-state index contributed by atoms with van der Waals surface area (Å²) in [6.07, 6.45) is 0.134. The van der Waals surface area contributed by atoms with E-state index in [1.54, 1.807) is 31.2 Å². The third-order valence-corrected chi connectivity index (χ3v) is 3.58. The number of ketones is 1. The smallest absolute Gasteiger partial charge is 0.167 e. The first kappa shape index (κ1) is 14.0. The fraction of sp³-hybridized carbons (Fsp3) is 0.133. The van der Waals surface area contributed by atoms with Crippen molar-refractivity contribution in [1.29, 1.82) is 0 Å². The van der Waals surface area contributed by atoms with Gasteiger partial charge in [-0.05, 0) is 42.3 Å². The lowest BCUT2D eigenvalue weighted by atomic mass is 10.0. The highest BCUT2D eigenvalue weighted by Crippen LogP contribution is 2.23. The Balaban J connectivity index is 2.20. The fourth-order valence-electron chi connectivity index (χ4n) is 1.70. The Hall–Kier alpha value is -1.38. The second-order valence-electron chi connectivity index (χ2n) is 4.31. The van der Waals surface area contributed by atoms with Crippen molar-refractivity contribution in [3.05, 3.63) is 69.0 Å². The Bertz CT molecular complexity index is 638. The van der Waals surface area contributed by atoms with Gasteiger partial charge in [0, 0.05) is 12.0 Å². The molecule has 0 unspecified atom stereocenters. The van der Waals surface area contributed by atoms with Crippen LogP contribution in [0.4, 0.5) is 4.39 Å². The number of rotatable bonds is 3. The van der Waals surface area contributed by atoms with Gasteiger partial charge in [0.15, 0.2) is 5.78 Å². The summed E-state index contributed by atoms with van der Waals surface area (Å²) in [6, 6.07) is 9.50.